The highest BCUT2D eigenvalue weighted by Crippen LogP contribution is 2.38. The number of hydrogen-bond acceptors (Lipinski definition) is 7. The van der Waals surface area contributed by atoms with Crippen LogP contribution in [0.1, 0.15) is 6.42 Å². The van der Waals surface area contributed by atoms with Crippen molar-refractivity contribution >= 4 is 39.8 Å². The number of aryl methyl sites for hydroxylation is 1. The standard InChI is InChI=1S/C31H37N7O2/c1-8-30(39)33-25-17-26(29(40-7)18-28(25)37(5)16-14-21(2)19-36(3)4)35-31-32-15-13-24(34-31)23-20-38(6)27-12-10-9-11-22(23)27/h8-13,15,17-18,20H,1-2,14,16,19H2,3-7H3,(H,33,39)(H,32,34,35). The fourth-order valence-corrected chi connectivity index (χ4v) is 4.64. The number of carbonyl (C=O) groups is 1. The zero-order chi connectivity index (χ0) is 28.8. The van der Waals surface area contributed by atoms with E-state index in [1.54, 1.807) is 13.3 Å². The lowest BCUT2D eigenvalue weighted by atomic mass is 10.1. The highest BCUT2D eigenvalue weighted by Gasteiger charge is 2.17. The second-order valence-electron chi connectivity index (χ2n) is 9.98. The maximum Gasteiger partial charge on any atom is 0.247 e. The number of anilines is 4. The number of likely N-dealkylation sites (N-methyl/N-ethyl adjacent to an activating group) is 1. The molecule has 0 aliphatic heterocycles. The monoisotopic (exact) mass is 539 g/mol. The Balaban J connectivity index is 1.66. The third kappa shape index (κ3) is 6.50. The van der Waals surface area contributed by atoms with E-state index in [9.17, 15) is 4.79 Å². The number of aromatic nitrogens is 3. The molecular weight excluding hydrogens is 502 g/mol. The molecule has 2 aromatic heterocycles. The summed E-state index contributed by atoms with van der Waals surface area (Å²) in [6.07, 6.45) is 5.84. The SMILES string of the molecule is C=CC(=O)Nc1cc(Nc2nccc(-c3cn(C)c4ccccc34)n2)c(OC)cc1N(C)CCC(=C)CN(C)C. The lowest BCUT2D eigenvalue weighted by Gasteiger charge is -2.25. The third-order valence-corrected chi connectivity index (χ3v) is 6.59. The van der Waals surface area contributed by atoms with Crippen LogP contribution in [0.15, 0.2) is 79.7 Å². The second-order valence-corrected chi connectivity index (χ2v) is 9.98. The minimum Gasteiger partial charge on any atom is -0.494 e. The maximum absolute atomic E-state index is 12.3. The molecule has 9 heteroatoms. The molecule has 40 heavy (non-hydrogen) atoms. The van der Waals surface area contributed by atoms with Crippen molar-refractivity contribution in [3.63, 3.8) is 0 Å². The lowest BCUT2D eigenvalue weighted by molar-refractivity contribution is -0.111. The predicted molar refractivity (Wildman–Crippen MR) is 165 cm³/mol. The van der Waals surface area contributed by atoms with Crippen molar-refractivity contribution < 1.29 is 9.53 Å². The number of nitrogens with zero attached hydrogens (tertiary/aromatic N) is 5. The number of fused-ring (bicyclic) bond motifs is 1. The van der Waals surface area contributed by atoms with E-state index >= 15 is 0 Å². The lowest BCUT2D eigenvalue weighted by Crippen LogP contribution is -2.23. The highest BCUT2D eigenvalue weighted by molar-refractivity contribution is 6.02. The van der Waals surface area contributed by atoms with Crippen molar-refractivity contribution in [3.05, 3.63) is 79.7 Å². The Morgan fingerprint density at radius 3 is 2.65 bits per heavy atom. The second kappa shape index (κ2) is 12.5. The highest BCUT2D eigenvalue weighted by atomic mass is 16.5. The minimum absolute atomic E-state index is 0.308. The molecule has 0 spiro atoms. The van der Waals surface area contributed by atoms with E-state index in [4.69, 9.17) is 9.72 Å². The molecule has 2 heterocycles. The van der Waals surface area contributed by atoms with E-state index in [2.05, 4.69) is 61.5 Å². The topological polar surface area (TPSA) is 87.5 Å². The van der Waals surface area contributed by atoms with E-state index in [1.807, 2.05) is 58.5 Å². The van der Waals surface area contributed by atoms with Gasteiger partial charge in [-0.3, -0.25) is 4.79 Å². The maximum atomic E-state index is 12.3. The molecule has 0 atom stereocenters. The first-order valence-electron chi connectivity index (χ1n) is 13.0. The van der Waals surface area contributed by atoms with Crippen LogP contribution in [-0.2, 0) is 11.8 Å². The number of carbonyl (C=O) groups excluding carboxylic acids is 1. The molecule has 0 saturated heterocycles. The fraction of sp³-hybridized carbons (Fsp3) is 0.258. The fourth-order valence-electron chi connectivity index (χ4n) is 4.64. The zero-order valence-electron chi connectivity index (χ0n) is 23.9. The number of ether oxygens (including phenoxy) is 1. The summed E-state index contributed by atoms with van der Waals surface area (Å²) in [6, 6.07) is 13.8. The molecular formula is C31H37N7O2. The molecule has 2 aromatic carbocycles. The molecule has 2 N–H and O–H groups in total. The van der Waals surface area contributed by atoms with Crippen LogP contribution in [0.25, 0.3) is 22.2 Å². The van der Waals surface area contributed by atoms with Crippen LogP contribution in [0, 0.1) is 0 Å². The van der Waals surface area contributed by atoms with Crippen LogP contribution in [0.3, 0.4) is 0 Å². The van der Waals surface area contributed by atoms with Gasteiger partial charge in [-0.25, -0.2) is 9.97 Å². The van der Waals surface area contributed by atoms with Gasteiger partial charge < -0.3 is 29.7 Å². The first-order chi connectivity index (χ1) is 19.2. The van der Waals surface area contributed by atoms with Gasteiger partial charge in [-0.1, -0.05) is 36.9 Å². The normalized spacial score (nSPS) is 10.9. The summed E-state index contributed by atoms with van der Waals surface area (Å²) in [5.74, 6) is 0.688. The molecule has 0 aliphatic rings. The summed E-state index contributed by atoms with van der Waals surface area (Å²) < 4.78 is 7.83. The Labute approximate surface area is 235 Å². The van der Waals surface area contributed by atoms with Gasteiger partial charge in [0.1, 0.15) is 5.75 Å². The van der Waals surface area contributed by atoms with Gasteiger partial charge in [0.2, 0.25) is 11.9 Å². The summed E-state index contributed by atoms with van der Waals surface area (Å²) in [5.41, 5.74) is 6.10. The van der Waals surface area contributed by atoms with Crippen molar-refractivity contribution in [1.29, 1.82) is 0 Å². The van der Waals surface area contributed by atoms with Crippen molar-refractivity contribution in [1.82, 2.24) is 19.4 Å². The molecule has 208 valence electrons. The van der Waals surface area contributed by atoms with Gasteiger partial charge in [-0.2, -0.15) is 0 Å². The van der Waals surface area contributed by atoms with E-state index in [0.717, 1.165) is 52.9 Å². The van der Waals surface area contributed by atoms with Gasteiger partial charge in [0.25, 0.3) is 0 Å². The van der Waals surface area contributed by atoms with Crippen molar-refractivity contribution in [2.24, 2.45) is 7.05 Å². The van der Waals surface area contributed by atoms with Gasteiger partial charge in [-0.15, -0.1) is 0 Å². The van der Waals surface area contributed by atoms with Gasteiger partial charge in [0.05, 0.1) is 29.9 Å². The number of methoxy groups -OCH3 is 1. The average molecular weight is 540 g/mol. The van der Waals surface area contributed by atoms with Crippen molar-refractivity contribution in [3.8, 4) is 17.0 Å². The van der Waals surface area contributed by atoms with Crippen LogP contribution >= 0.6 is 0 Å². The van der Waals surface area contributed by atoms with Crippen LogP contribution in [0.4, 0.5) is 23.0 Å². The Morgan fingerprint density at radius 2 is 1.93 bits per heavy atom. The minimum atomic E-state index is -0.308. The Hall–Kier alpha value is -4.63. The molecule has 1 amide bonds. The summed E-state index contributed by atoms with van der Waals surface area (Å²) in [5, 5.41) is 7.33. The summed E-state index contributed by atoms with van der Waals surface area (Å²) in [4.78, 5) is 25.7. The summed E-state index contributed by atoms with van der Waals surface area (Å²) in [7, 11) is 9.66. The number of hydrogen-bond donors (Lipinski definition) is 2. The van der Waals surface area contributed by atoms with Crippen LogP contribution in [-0.4, -0.2) is 66.7 Å². The Kier molecular flexibility index (Phi) is 8.86. The van der Waals surface area contributed by atoms with Crippen LogP contribution in [0.5, 0.6) is 5.75 Å². The zero-order valence-corrected chi connectivity index (χ0v) is 23.9. The van der Waals surface area contributed by atoms with E-state index < -0.39 is 0 Å². The van der Waals surface area contributed by atoms with Gasteiger partial charge in [-0.05, 0) is 44.8 Å². The number of rotatable bonds is 12. The third-order valence-electron chi connectivity index (χ3n) is 6.59. The molecule has 0 saturated carbocycles. The van der Waals surface area contributed by atoms with E-state index in [-0.39, 0.29) is 5.91 Å². The Morgan fingerprint density at radius 1 is 1.15 bits per heavy atom. The first-order valence-corrected chi connectivity index (χ1v) is 13.0. The number of amides is 1. The predicted octanol–water partition coefficient (Wildman–Crippen LogP) is 5.46. The van der Waals surface area contributed by atoms with Crippen molar-refractivity contribution in [2.75, 3.05) is 56.9 Å². The largest absolute Gasteiger partial charge is 0.494 e. The van der Waals surface area contributed by atoms with Crippen LogP contribution in [0.2, 0.25) is 0 Å². The summed E-state index contributed by atoms with van der Waals surface area (Å²) >= 11 is 0. The number of benzene rings is 2. The molecule has 0 aliphatic carbocycles. The van der Waals surface area contributed by atoms with Crippen LogP contribution < -0.4 is 20.3 Å². The first kappa shape index (κ1) is 28.4. The molecule has 9 nitrogen and oxygen atoms in total. The van der Waals surface area contributed by atoms with Crippen molar-refractivity contribution in [2.45, 2.75) is 6.42 Å². The van der Waals surface area contributed by atoms with E-state index in [1.165, 1.54) is 6.08 Å². The molecule has 4 aromatic rings. The molecule has 0 bridgehead atoms. The van der Waals surface area contributed by atoms with Gasteiger partial charge >= 0.3 is 0 Å². The Bertz CT molecular complexity index is 1540. The molecule has 0 radical (unpaired) electrons. The average Bonchev–Trinajstić information content (AvgIpc) is 3.28. The number of nitrogens with one attached hydrogen (secondary N) is 2. The van der Waals surface area contributed by atoms with Gasteiger partial charge in [0, 0.05) is 62.1 Å². The van der Waals surface area contributed by atoms with Gasteiger partial charge in [0.15, 0.2) is 0 Å². The summed E-state index contributed by atoms with van der Waals surface area (Å²) in [6.45, 7) is 9.32. The quantitative estimate of drug-likeness (QED) is 0.183. The smallest absolute Gasteiger partial charge is 0.247 e. The van der Waals surface area contributed by atoms with E-state index in [0.29, 0.717) is 23.1 Å². The molecule has 4 rings (SSSR count). The molecule has 0 unspecified atom stereocenters. The number of para-hydroxylation sites is 1. The molecule has 0 fully saturated rings.